The smallest absolute Gasteiger partial charge is 0.190 e. The minimum Gasteiger partial charge on any atom is -0.497 e. The van der Waals surface area contributed by atoms with Gasteiger partial charge < -0.3 is 24.8 Å². The molecule has 0 aliphatic carbocycles. The highest BCUT2D eigenvalue weighted by molar-refractivity contribution is 14.0. The molecule has 6 nitrogen and oxygen atoms in total. The van der Waals surface area contributed by atoms with E-state index in [0.29, 0.717) is 13.2 Å². The number of nitrogens with one attached hydrogen (secondary N) is 2. The van der Waals surface area contributed by atoms with E-state index in [1.165, 1.54) is 0 Å². The van der Waals surface area contributed by atoms with Gasteiger partial charge >= 0.3 is 0 Å². The summed E-state index contributed by atoms with van der Waals surface area (Å²) in [6.07, 6.45) is 3.07. The van der Waals surface area contributed by atoms with E-state index in [-0.39, 0.29) is 24.0 Å². The van der Waals surface area contributed by atoms with E-state index in [0.717, 1.165) is 62.8 Å². The fourth-order valence-corrected chi connectivity index (χ4v) is 2.19. The van der Waals surface area contributed by atoms with Crippen LogP contribution in [0.3, 0.4) is 0 Å². The lowest BCUT2D eigenvalue weighted by Gasteiger charge is -2.12. The first kappa shape index (κ1) is 24.9. The number of ether oxygens (including phenoxy) is 3. The van der Waals surface area contributed by atoms with Crippen LogP contribution in [-0.2, 0) is 16.1 Å². The number of aliphatic imine (C=N–C) groups is 1. The zero-order chi connectivity index (χ0) is 18.2. The number of unbranched alkanes of at least 4 members (excludes halogenated alkanes) is 1. The fraction of sp³-hybridized carbons (Fsp3) is 0.632. The number of benzene rings is 1. The van der Waals surface area contributed by atoms with Gasteiger partial charge in [-0.2, -0.15) is 0 Å². The molecule has 2 N–H and O–H groups in total. The Morgan fingerprint density at radius 1 is 0.962 bits per heavy atom. The molecule has 0 unspecified atom stereocenters. The molecule has 0 aromatic heterocycles. The van der Waals surface area contributed by atoms with Crippen LogP contribution in [0.15, 0.2) is 29.3 Å². The van der Waals surface area contributed by atoms with Crippen LogP contribution < -0.4 is 15.4 Å². The summed E-state index contributed by atoms with van der Waals surface area (Å²) in [5, 5.41) is 6.60. The van der Waals surface area contributed by atoms with Gasteiger partial charge in [-0.05, 0) is 43.9 Å². The molecule has 0 bridgehead atoms. The number of halogens is 1. The van der Waals surface area contributed by atoms with Gasteiger partial charge in [0.15, 0.2) is 5.96 Å². The van der Waals surface area contributed by atoms with Gasteiger partial charge in [0.05, 0.1) is 13.7 Å². The molecule has 0 heterocycles. The predicted molar refractivity (Wildman–Crippen MR) is 118 cm³/mol. The van der Waals surface area contributed by atoms with Crippen LogP contribution in [-0.4, -0.2) is 53.0 Å². The van der Waals surface area contributed by atoms with Crippen molar-refractivity contribution >= 4 is 29.9 Å². The van der Waals surface area contributed by atoms with E-state index in [1.807, 2.05) is 31.2 Å². The summed E-state index contributed by atoms with van der Waals surface area (Å²) in [4.78, 5) is 4.21. The van der Waals surface area contributed by atoms with Crippen molar-refractivity contribution in [2.24, 2.45) is 4.99 Å². The zero-order valence-corrected chi connectivity index (χ0v) is 18.6. The van der Waals surface area contributed by atoms with Crippen LogP contribution in [0.1, 0.15) is 31.7 Å². The van der Waals surface area contributed by atoms with Crippen molar-refractivity contribution in [1.29, 1.82) is 0 Å². The minimum atomic E-state index is 0. The third-order valence-electron chi connectivity index (χ3n) is 3.62. The maximum Gasteiger partial charge on any atom is 0.190 e. The van der Waals surface area contributed by atoms with Crippen molar-refractivity contribution in [3.63, 3.8) is 0 Å². The Bertz CT molecular complexity index is 470. The fourth-order valence-electron chi connectivity index (χ4n) is 2.19. The molecule has 0 amide bonds. The van der Waals surface area contributed by atoms with Gasteiger partial charge in [-0.3, -0.25) is 4.99 Å². The predicted octanol–water partition coefficient (Wildman–Crippen LogP) is 3.20. The molecule has 1 aromatic carbocycles. The molecule has 0 spiro atoms. The first-order valence-electron chi connectivity index (χ1n) is 9.03. The summed E-state index contributed by atoms with van der Waals surface area (Å²) < 4.78 is 16.1. The largest absolute Gasteiger partial charge is 0.497 e. The molecule has 1 rings (SSSR count). The highest BCUT2D eigenvalue weighted by atomic mass is 127. The quantitative estimate of drug-likeness (QED) is 0.197. The van der Waals surface area contributed by atoms with Crippen LogP contribution in [0.2, 0.25) is 0 Å². The number of rotatable bonds is 13. The standard InChI is InChI=1S/C19H33N3O3.HI/c1-4-24-14-6-5-12-21-19(20-2)22-13-7-15-25-16-17-8-10-18(23-3)11-9-17;/h8-11H,4-7,12-16H2,1-3H3,(H2,20,21,22);1H. The van der Waals surface area contributed by atoms with Crippen molar-refractivity contribution in [2.45, 2.75) is 32.8 Å². The Morgan fingerprint density at radius 2 is 1.62 bits per heavy atom. The van der Waals surface area contributed by atoms with E-state index in [4.69, 9.17) is 14.2 Å². The Balaban J connectivity index is 0.00000625. The zero-order valence-electron chi connectivity index (χ0n) is 16.3. The Hall–Kier alpha value is -1.06. The summed E-state index contributed by atoms with van der Waals surface area (Å²) in [6, 6.07) is 7.94. The van der Waals surface area contributed by atoms with Gasteiger partial charge in [-0.1, -0.05) is 12.1 Å². The van der Waals surface area contributed by atoms with Gasteiger partial charge in [-0.25, -0.2) is 0 Å². The highest BCUT2D eigenvalue weighted by Crippen LogP contribution is 2.11. The van der Waals surface area contributed by atoms with Crippen molar-refractivity contribution in [3.8, 4) is 5.75 Å². The maximum atomic E-state index is 5.69. The van der Waals surface area contributed by atoms with Crippen molar-refractivity contribution in [3.05, 3.63) is 29.8 Å². The minimum absolute atomic E-state index is 0. The lowest BCUT2D eigenvalue weighted by atomic mass is 10.2. The second-order valence-electron chi connectivity index (χ2n) is 5.58. The maximum absolute atomic E-state index is 5.69. The molecule has 0 saturated heterocycles. The Morgan fingerprint density at radius 3 is 2.23 bits per heavy atom. The first-order valence-corrected chi connectivity index (χ1v) is 9.03. The third-order valence-corrected chi connectivity index (χ3v) is 3.62. The molecule has 150 valence electrons. The summed E-state index contributed by atoms with van der Waals surface area (Å²) in [6.45, 7) is 6.71. The summed E-state index contributed by atoms with van der Waals surface area (Å²) in [5.41, 5.74) is 1.15. The third kappa shape index (κ3) is 12.3. The molecule has 0 atom stereocenters. The van der Waals surface area contributed by atoms with Crippen LogP contribution in [0.5, 0.6) is 5.75 Å². The molecular formula is C19H34IN3O3. The van der Waals surface area contributed by atoms with E-state index in [2.05, 4.69) is 15.6 Å². The molecular weight excluding hydrogens is 445 g/mol. The molecule has 0 aliphatic heterocycles. The molecule has 7 heteroatoms. The van der Waals surface area contributed by atoms with Crippen molar-refractivity contribution in [2.75, 3.05) is 47.1 Å². The number of hydrogen-bond acceptors (Lipinski definition) is 4. The lowest BCUT2D eigenvalue weighted by molar-refractivity contribution is 0.119. The average molecular weight is 479 g/mol. The monoisotopic (exact) mass is 479 g/mol. The van der Waals surface area contributed by atoms with Gasteiger partial charge in [0.25, 0.3) is 0 Å². The molecule has 0 aliphatic rings. The first-order chi connectivity index (χ1) is 12.3. The van der Waals surface area contributed by atoms with E-state index >= 15 is 0 Å². The molecule has 0 saturated carbocycles. The van der Waals surface area contributed by atoms with Gasteiger partial charge in [0.1, 0.15) is 5.75 Å². The average Bonchev–Trinajstić information content (AvgIpc) is 2.66. The van der Waals surface area contributed by atoms with Crippen LogP contribution >= 0.6 is 24.0 Å². The van der Waals surface area contributed by atoms with Gasteiger partial charge in [0.2, 0.25) is 0 Å². The van der Waals surface area contributed by atoms with Gasteiger partial charge in [-0.15, -0.1) is 24.0 Å². The molecule has 0 fully saturated rings. The summed E-state index contributed by atoms with van der Waals surface area (Å²) in [5.74, 6) is 1.70. The van der Waals surface area contributed by atoms with E-state index < -0.39 is 0 Å². The van der Waals surface area contributed by atoms with Crippen LogP contribution in [0, 0.1) is 0 Å². The number of guanidine groups is 1. The summed E-state index contributed by atoms with van der Waals surface area (Å²) >= 11 is 0. The van der Waals surface area contributed by atoms with Gasteiger partial charge in [0, 0.05) is 40.0 Å². The normalized spacial score (nSPS) is 11.0. The van der Waals surface area contributed by atoms with Crippen molar-refractivity contribution < 1.29 is 14.2 Å². The molecule has 26 heavy (non-hydrogen) atoms. The van der Waals surface area contributed by atoms with E-state index in [1.54, 1.807) is 14.2 Å². The topological polar surface area (TPSA) is 64.1 Å². The second kappa shape index (κ2) is 17.4. The van der Waals surface area contributed by atoms with Crippen LogP contribution in [0.4, 0.5) is 0 Å². The lowest BCUT2D eigenvalue weighted by Crippen LogP contribution is -2.38. The summed E-state index contributed by atoms with van der Waals surface area (Å²) in [7, 11) is 3.46. The molecule has 1 aromatic rings. The second-order valence-corrected chi connectivity index (χ2v) is 5.58. The number of methoxy groups -OCH3 is 1. The number of hydrogen-bond donors (Lipinski definition) is 2. The van der Waals surface area contributed by atoms with Crippen molar-refractivity contribution in [1.82, 2.24) is 10.6 Å². The van der Waals surface area contributed by atoms with E-state index in [9.17, 15) is 0 Å². The SMILES string of the molecule is CCOCCCCNC(=NC)NCCCOCc1ccc(OC)cc1.I. The highest BCUT2D eigenvalue weighted by Gasteiger charge is 1.98. The Labute approximate surface area is 175 Å². The van der Waals surface area contributed by atoms with Crippen LogP contribution in [0.25, 0.3) is 0 Å². The Kier molecular flexibility index (Phi) is 16.7. The number of nitrogens with zero attached hydrogens (tertiary/aromatic N) is 1. The molecule has 0 radical (unpaired) electrons.